The lowest BCUT2D eigenvalue weighted by molar-refractivity contribution is 0.596. The summed E-state index contributed by atoms with van der Waals surface area (Å²) in [4.78, 5) is 1.07. The first kappa shape index (κ1) is 14.4. The fourth-order valence-electron chi connectivity index (χ4n) is 1.46. The van der Waals surface area contributed by atoms with E-state index in [0.717, 1.165) is 16.1 Å². The minimum absolute atomic E-state index is 0.236. The van der Waals surface area contributed by atoms with E-state index < -0.39 is 9.84 Å². The molecule has 0 radical (unpaired) electrons. The summed E-state index contributed by atoms with van der Waals surface area (Å²) in [5, 5.41) is 0. The van der Waals surface area contributed by atoms with Gasteiger partial charge in [-0.3, -0.25) is 0 Å². The first-order valence-electron chi connectivity index (χ1n) is 5.64. The van der Waals surface area contributed by atoms with Gasteiger partial charge < -0.3 is 5.73 Å². The first-order valence-corrected chi connectivity index (χ1v) is 8.44. The number of thioether (sulfide) groups is 1. The molecule has 2 N–H and O–H groups in total. The second kappa shape index (κ2) is 6.31. The highest BCUT2D eigenvalue weighted by molar-refractivity contribution is 8.00. The van der Waals surface area contributed by atoms with Gasteiger partial charge in [0.25, 0.3) is 0 Å². The number of sulfone groups is 1. The summed E-state index contributed by atoms with van der Waals surface area (Å²) < 4.78 is 23.1. The average Bonchev–Trinajstić information content (AvgIpc) is 2.23. The largest absolute Gasteiger partial charge is 0.399 e. The minimum atomic E-state index is -2.88. The van der Waals surface area contributed by atoms with Crippen LogP contribution in [0, 0.1) is 6.92 Å². The van der Waals surface area contributed by atoms with Crippen molar-refractivity contribution in [3.05, 3.63) is 23.8 Å². The van der Waals surface area contributed by atoms with Gasteiger partial charge in [-0.25, -0.2) is 8.42 Å². The minimum Gasteiger partial charge on any atom is -0.399 e. The van der Waals surface area contributed by atoms with E-state index in [1.807, 2.05) is 32.0 Å². The third kappa shape index (κ3) is 5.00. The van der Waals surface area contributed by atoms with E-state index in [4.69, 9.17) is 5.73 Å². The zero-order valence-electron chi connectivity index (χ0n) is 10.3. The topological polar surface area (TPSA) is 60.2 Å². The lowest BCUT2D eigenvalue weighted by atomic mass is 10.2. The molecule has 17 heavy (non-hydrogen) atoms. The monoisotopic (exact) mass is 273 g/mol. The number of nitrogen functional groups attached to an aromatic ring is 1. The molecular formula is C12H19NO2S2. The Morgan fingerprint density at radius 1 is 1.29 bits per heavy atom. The molecule has 1 aromatic carbocycles. The predicted octanol–water partition coefficient (Wildman–Crippen LogP) is 2.49. The smallest absolute Gasteiger partial charge is 0.151 e. The zero-order chi connectivity index (χ0) is 12.9. The number of benzene rings is 1. The lowest BCUT2D eigenvalue weighted by Gasteiger charge is -2.07. The van der Waals surface area contributed by atoms with Crippen molar-refractivity contribution in [3.8, 4) is 0 Å². The maximum absolute atomic E-state index is 11.5. The van der Waals surface area contributed by atoms with E-state index in [1.54, 1.807) is 11.8 Å². The normalized spacial score (nSPS) is 11.6. The summed E-state index contributed by atoms with van der Waals surface area (Å²) in [5.74, 6) is 1.11. The van der Waals surface area contributed by atoms with Crippen molar-refractivity contribution >= 4 is 27.3 Å². The highest BCUT2D eigenvalue weighted by Gasteiger charge is 2.09. The van der Waals surface area contributed by atoms with Gasteiger partial charge in [0.05, 0.1) is 5.75 Å². The van der Waals surface area contributed by atoms with Crippen LogP contribution >= 0.6 is 11.8 Å². The number of hydrogen-bond donors (Lipinski definition) is 1. The summed E-state index contributed by atoms with van der Waals surface area (Å²) in [7, 11) is -2.88. The maximum Gasteiger partial charge on any atom is 0.151 e. The standard InChI is InChI=1S/C12H19NO2S2/c1-3-7-17(14,15)8-6-16-12-9-11(13)5-4-10(12)2/h4-5,9H,3,6-8,13H2,1-2H3. The van der Waals surface area contributed by atoms with Gasteiger partial charge in [0, 0.05) is 22.1 Å². The Balaban J connectivity index is 2.54. The molecule has 0 aromatic heterocycles. The Morgan fingerprint density at radius 2 is 2.00 bits per heavy atom. The van der Waals surface area contributed by atoms with Crippen LogP contribution in [0.3, 0.4) is 0 Å². The number of hydrogen-bond acceptors (Lipinski definition) is 4. The van der Waals surface area contributed by atoms with E-state index in [2.05, 4.69) is 0 Å². The number of anilines is 1. The van der Waals surface area contributed by atoms with Gasteiger partial charge in [0.1, 0.15) is 0 Å². The van der Waals surface area contributed by atoms with Crippen molar-refractivity contribution in [3.63, 3.8) is 0 Å². The van der Waals surface area contributed by atoms with E-state index in [0.29, 0.717) is 12.2 Å². The van der Waals surface area contributed by atoms with Gasteiger partial charge in [-0.05, 0) is 31.0 Å². The Labute approximate surface area is 108 Å². The highest BCUT2D eigenvalue weighted by Crippen LogP contribution is 2.24. The molecule has 0 unspecified atom stereocenters. The van der Waals surface area contributed by atoms with Crippen molar-refractivity contribution in [2.24, 2.45) is 0 Å². The van der Waals surface area contributed by atoms with Crippen LogP contribution in [0.15, 0.2) is 23.1 Å². The van der Waals surface area contributed by atoms with Crippen LogP contribution in [0.5, 0.6) is 0 Å². The van der Waals surface area contributed by atoms with Crippen molar-refractivity contribution in [1.82, 2.24) is 0 Å². The summed E-state index contributed by atoms with van der Waals surface area (Å²) in [5.41, 5.74) is 7.55. The lowest BCUT2D eigenvalue weighted by Crippen LogP contribution is -2.12. The Morgan fingerprint density at radius 3 is 2.65 bits per heavy atom. The van der Waals surface area contributed by atoms with Gasteiger partial charge in [0.15, 0.2) is 9.84 Å². The maximum atomic E-state index is 11.5. The quantitative estimate of drug-likeness (QED) is 0.639. The van der Waals surface area contributed by atoms with Crippen molar-refractivity contribution in [1.29, 1.82) is 0 Å². The van der Waals surface area contributed by atoms with Gasteiger partial charge in [-0.2, -0.15) is 0 Å². The van der Waals surface area contributed by atoms with E-state index >= 15 is 0 Å². The number of rotatable bonds is 6. The SMILES string of the molecule is CCCS(=O)(=O)CCSc1cc(N)ccc1C. The molecule has 0 bridgehead atoms. The second-order valence-corrected chi connectivity index (χ2v) is 7.47. The Kier molecular flexibility index (Phi) is 5.33. The van der Waals surface area contributed by atoms with Crippen molar-refractivity contribution < 1.29 is 8.42 Å². The van der Waals surface area contributed by atoms with Gasteiger partial charge in [-0.15, -0.1) is 11.8 Å². The predicted molar refractivity (Wildman–Crippen MR) is 75.3 cm³/mol. The highest BCUT2D eigenvalue weighted by atomic mass is 32.2. The number of nitrogens with two attached hydrogens (primary N) is 1. The molecule has 5 heteroatoms. The van der Waals surface area contributed by atoms with Crippen LogP contribution in [-0.2, 0) is 9.84 Å². The van der Waals surface area contributed by atoms with E-state index in [9.17, 15) is 8.42 Å². The second-order valence-electron chi connectivity index (χ2n) is 4.03. The summed E-state index contributed by atoms with van der Waals surface area (Å²) in [6.45, 7) is 3.88. The van der Waals surface area contributed by atoms with E-state index in [1.165, 1.54) is 0 Å². The van der Waals surface area contributed by atoms with Gasteiger partial charge in [0.2, 0.25) is 0 Å². The third-order valence-electron chi connectivity index (χ3n) is 2.38. The first-order chi connectivity index (χ1) is 7.94. The molecular weight excluding hydrogens is 254 g/mol. The molecule has 0 fully saturated rings. The molecule has 0 aliphatic rings. The van der Waals surface area contributed by atoms with Crippen LogP contribution in [-0.4, -0.2) is 25.7 Å². The zero-order valence-corrected chi connectivity index (χ0v) is 11.9. The molecule has 0 spiro atoms. The van der Waals surface area contributed by atoms with Crippen LogP contribution in [0.25, 0.3) is 0 Å². The Hall–Kier alpha value is -0.680. The van der Waals surface area contributed by atoms with E-state index in [-0.39, 0.29) is 11.5 Å². The van der Waals surface area contributed by atoms with Crippen molar-refractivity contribution in [2.45, 2.75) is 25.2 Å². The van der Waals surface area contributed by atoms with Crippen LogP contribution in [0.1, 0.15) is 18.9 Å². The molecule has 3 nitrogen and oxygen atoms in total. The number of aryl methyl sites for hydroxylation is 1. The summed E-state index contributed by atoms with van der Waals surface area (Å²) in [6, 6.07) is 5.71. The molecule has 1 rings (SSSR count). The molecule has 96 valence electrons. The van der Waals surface area contributed by atoms with Crippen molar-refractivity contribution in [2.75, 3.05) is 23.0 Å². The van der Waals surface area contributed by atoms with Crippen LogP contribution < -0.4 is 5.73 Å². The fourth-order valence-corrected chi connectivity index (χ4v) is 4.37. The Bertz CT molecular complexity index is 469. The summed E-state index contributed by atoms with van der Waals surface area (Å²) in [6.07, 6.45) is 0.685. The third-order valence-corrected chi connectivity index (χ3v) is 5.65. The van der Waals surface area contributed by atoms with Crippen LogP contribution in [0.2, 0.25) is 0 Å². The molecule has 0 aliphatic carbocycles. The fraction of sp³-hybridized carbons (Fsp3) is 0.500. The van der Waals surface area contributed by atoms with Gasteiger partial charge >= 0.3 is 0 Å². The molecule has 0 amide bonds. The van der Waals surface area contributed by atoms with Crippen LogP contribution in [0.4, 0.5) is 5.69 Å². The molecule has 0 heterocycles. The average molecular weight is 273 g/mol. The van der Waals surface area contributed by atoms with Gasteiger partial charge in [-0.1, -0.05) is 13.0 Å². The molecule has 0 saturated carbocycles. The molecule has 0 saturated heterocycles. The molecule has 0 atom stereocenters. The summed E-state index contributed by atoms with van der Waals surface area (Å²) >= 11 is 1.55. The molecule has 0 aliphatic heterocycles. The molecule has 1 aromatic rings.